The van der Waals surface area contributed by atoms with E-state index in [2.05, 4.69) is 0 Å². The van der Waals surface area contributed by atoms with E-state index in [-0.39, 0.29) is 11.5 Å². The van der Waals surface area contributed by atoms with Crippen molar-refractivity contribution in [1.29, 1.82) is 0 Å². The Labute approximate surface area is 150 Å². The number of rotatable bonds is 3. The zero-order valence-corrected chi connectivity index (χ0v) is 14.4. The van der Waals surface area contributed by atoms with Crippen LogP contribution in [-0.2, 0) is 6.18 Å². The molecule has 0 atom stereocenters. The van der Waals surface area contributed by atoms with E-state index in [4.69, 9.17) is 4.74 Å². The number of carbonyl (C=O) groups excluding carboxylic acids is 1. The van der Waals surface area contributed by atoms with E-state index in [1.165, 1.54) is 17.7 Å². The molecular weight excluding hydrogens is 343 g/mol. The van der Waals surface area contributed by atoms with Gasteiger partial charge in [-0.25, -0.2) is 0 Å². The average molecular weight is 363 g/mol. The second-order valence-corrected chi connectivity index (χ2v) is 6.42. The fourth-order valence-corrected chi connectivity index (χ4v) is 3.30. The number of amides is 1. The SMILES string of the molecule is COc1ccc(C2CCN(C(=O)c3cccc(C(F)(F)F)c3)CC2)cc1. The first-order valence-electron chi connectivity index (χ1n) is 8.49. The zero-order valence-electron chi connectivity index (χ0n) is 14.4. The Morgan fingerprint density at radius 1 is 1.08 bits per heavy atom. The van der Waals surface area contributed by atoms with Crippen molar-refractivity contribution in [3.63, 3.8) is 0 Å². The number of halogens is 3. The lowest BCUT2D eigenvalue weighted by Crippen LogP contribution is -2.38. The molecule has 2 aromatic rings. The lowest BCUT2D eigenvalue weighted by molar-refractivity contribution is -0.137. The second kappa shape index (κ2) is 7.40. The molecule has 0 saturated carbocycles. The number of hydrogen-bond acceptors (Lipinski definition) is 2. The smallest absolute Gasteiger partial charge is 0.416 e. The Bertz CT molecular complexity index is 763. The van der Waals surface area contributed by atoms with Crippen molar-refractivity contribution in [2.24, 2.45) is 0 Å². The molecule has 1 fully saturated rings. The third-order valence-corrected chi connectivity index (χ3v) is 4.81. The van der Waals surface area contributed by atoms with Gasteiger partial charge in [0.05, 0.1) is 12.7 Å². The third-order valence-electron chi connectivity index (χ3n) is 4.81. The summed E-state index contributed by atoms with van der Waals surface area (Å²) in [6.07, 6.45) is -2.87. The lowest BCUT2D eigenvalue weighted by atomic mass is 9.89. The van der Waals surface area contributed by atoms with Crippen LogP contribution in [0.4, 0.5) is 13.2 Å². The molecule has 1 saturated heterocycles. The van der Waals surface area contributed by atoms with Crippen molar-refractivity contribution in [2.75, 3.05) is 20.2 Å². The van der Waals surface area contributed by atoms with Crippen molar-refractivity contribution in [3.8, 4) is 5.75 Å². The number of piperidine rings is 1. The number of nitrogens with zero attached hydrogens (tertiary/aromatic N) is 1. The monoisotopic (exact) mass is 363 g/mol. The number of methoxy groups -OCH3 is 1. The number of hydrogen-bond donors (Lipinski definition) is 0. The van der Waals surface area contributed by atoms with Gasteiger partial charge in [-0.2, -0.15) is 13.2 Å². The minimum absolute atomic E-state index is 0.0859. The fraction of sp³-hybridized carbons (Fsp3) is 0.350. The molecule has 0 radical (unpaired) electrons. The van der Waals surface area contributed by atoms with Crippen LogP contribution in [0.2, 0.25) is 0 Å². The van der Waals surface area contributed by atoms with Crippen LogP contribution < -0.4 is 4.74 Å². The summed E-state index contributed by atoms with van der Waals surface area (Å²) >= 11 is 0. The Morgan fingerprint density at radius 2 is 1.73 bits per heavy atom. The van der Waals surface area contributed by atoms with Crippen LogP contribution in [0, 0.1) is 0 Å². The average Bonchev–Trinajstić information content (AvgIpc) is 2.67. The quantitative estimate of drug-likeness (QED) is 0.789. The highest BCUT2D eigenvalue weighted by Crippen LogP contribution is 2.32. The third kappa shape index (κ3) is 4.00. The van der Waals surface area contributed by atoms with E-state index in [9.17, 15) is 18.0 Å². The molecule has 0 aliphatic carbocycles. The summed E-state index contributed by atoms with van der Waals surface area (Å²) in [6.45, 7) is 1.07. The van der Waals surface area contributed by atoms with E-state index in [1.54, 1.807) is 12.0 Å². The van der Waals surface area contributed by atoms with Crippen molar-refractivity contribution >= 4 is 5.91 Å². The van der Waals surface area contributed by atoms with E-state index < -0.39 is 11.7 Å². The highest BCUT2D eigenvalue weighted by molar-refractivity contribution is 5.94. The zero-order chi connectivity index (χ0) is 18.7. The Hall–Kier alpha value is -2.50. The molecular formula is C20H20F3NO2. The number of benzene rings is 2. The number of likely N-dealkylation sites (tertiary alicyclic amines) is 1. The summed E-state index contributed by atoms with van der Waals surface area (Å²) in [6, 6.07) is 12.5. The molecule has 3 rings (SSSR count). The van der Waals surface area contributed by atoms with Crippen molar-refractivity contribution in [1.82, 2.24) is 4.90 Å². The summed E-state index contributed by atoms with van der Waals surface area (Å²) in [7, 11) is 1.62. The summed E-state index contributed by atoms with van der Waals surface area (Å²) in [5, 5.41) is 0. The molecule has 0 aromatic heterocycles. The summed E-state index contributed by atoms with van der Waals surface area (Å²) in [5.41, 5.74) is 0.483. The number of alkyl halides is 3. The minimum Gasteiger partial charge on any atom is -0.497 e. The van der Waals surface area contributed by atoms with Gasteiger partial charge in [-0.05, 0) is 54.7 Å². The molecule has 1 heterocycles. The highest BCUT2D eigenvalue weighted by atomic mass is 19.4. The van der Waals surface area contributed by atoms with E-state index in [1.807, 2.05) is 24.3 Å². The van der Waals surface area contributed by atoms with Gasteiger partial charge in [0.15, 0.2) is 0 Å². The van der Waals surface area contributed by atoms with E-state index in [0.717, 1.165) is 30.7 Å². The van der Waals surface area contributed by atoms with Gasteiger partial charge in [0.1, 0.15) is 5.75 Å². The maximum atomic E-state index is 12.8. The second-order valence-electron chi connectivity index (χ2n) is 6.42. The van der Waals surface area contributed by atoms with Crippen LogP contribution in [-0.4, -0.2) is 31.0 Å². The first-order valence-corrected chi connectivity index (χ1v) is 8.49. The largest absolute Gasteiger partial charge is 0.497 e. The predicted octanol–water partition coefficient (Wildman–Crippen LogP) is 4.73. The van der Waals surface area contributed by atoms with E-state index >= 15 is 0 Å². The molecule has 0 spiro atoms. The Morgan fingerprint density at radius 3 is 2.31 bits per heavy atom. The fourth-order valence-electron chi connectivity index (χ4n) is 3.30. The summed E-state index contributed by atoms with van der Waals surface area (Å²) in [4.78, 5) is 14.2. The minimum atomic E-state index is -4.45. The number of ether oxygens (including phenoxy) is 1. The van der Waals surface area contributed by atoms with Gasteiger partial charge in [-0.1, -0.05) is 18.2 Å². The van der Waals surface area contributed by atoms with Crippen LogP contribution >= 0.6 is 0 Å². The van der Waals surface area contributed by atoms with Crippen LogP contribution in [0.3, 0.4) is 0 Å². The topological polar surface area (TPSA) is 29.5 Å². The molecule has 3 nitrogen and oxygen atoms in total. The lowest BCUT2D eigenvalue weighted by Gasteiger charge is -2.32. The molecule has 0 bridgehead atoms. The van der Waals surface area contributed by atoms with Gasteiger partial charge in [-0.3, -0.25) is 4.79 Å². The maximum Gasteiger partial charge on any atom is 0.416 e. The molecule has 1 aliphatic heterocycles. The van der Waals surface area contributed by atoms with Crippen LogP contribution in [0.1, 0.15) is 40.2 Å². The normalized spacial score (nSPS) is 15.8. The standard InChI is InChI=1S/C20H20F3NO2/c1-26-18-7-5-14(6-8-18)15-9-11-24(12-10-15)19(25)16-3-2-4-17(13-16)20(21,22)23/h2-8,13,15H,9-12H2,1H3. The van der Waals surface area contributed by atoms with Crippen molar-refractivity contribution < 1.29 is 22.7 Å². The molecule has 0 N–H and O–H groups in total. The van der Waals surface area contributed by atoms with Crippen LogP contribution in [0.5, 0.6) is 5.75 Å². The molecule has 138 valence electrons. The molecule has 0 unspecified atom stereocenters. The summed E-state index contributed by atoms with van der Waals surface area (Å²) in [5.74, 6) is 0.793. The van der Waals surface area contributed by atoms with Gasteiger partial charge >= 0.3 is 6.18 Å². The van der Waals surface area contributed by atoms with Crippen molar-refractivity contribution in [2.45, 2.75) is 24.9 Å². The highest BCUT2D eigenvalue weighted by Gasteiger charge is 2.32. The van der Waals surface area contributed by atoms with Gasteiger partial charge in [0, 0.05) is 18.7 Å². The molecule has 26 heavy (non-hydrogen) atoms. The first kappa shape index (κ1) is 18.3. The Kier molecular flexibility index (Phi) is 5.20. The van der Waals surface area contributed by atoms with Gasteiger partial charge in [0.25, 0.3) is 5.91 Å². The summed E-state index contributed by atoms with van der Waals surface area (Å²) < 4.78 is 43.7. The molecule has 6 heteroatoms. The predicted molar refractivity (Wildman–Crippen MR) is 92.3 cm³/mol. The molecule has 1 aliphatic rings. The van der Waals surface area contributed by atoms with Crippen molar-refractivity contribution in [3.05, 3.63) is 65.2 Å². The van der Waals surface area contributed by atoms with E-state index in [0.29, 0.717) is 19.0 Å². The van der Waals surface area contributed by atoms with Gasteiger partial charge < -0.3 is 9.64 Å². The first-order chi connectivity index (χ1) is 12.4. The Balaban J connectivity index is 1.65. The maximum absolute atomic E-state index is 12.8. The molecule has 2 aromatic carbocycles. The van der Waals surface area contributed by atoms with Crippen LogP contribution in [0.25, 0.3) is 0 Å². The van der Waals surface area contributed by atoms with Crippen LogP contribution in [0.15, 0.2) is 48.5 Å². The number of carbonyl (C=O) groups is 1. The van der Waals surface area contributed by atoms with Gasteiger partial charge in [0.2, 0.25) is 0 Å². The van der Waals surface area contributed by atoms with Gasteiger partial charge in [-0.15, -0.1) is 0 Å². The molecule has 1 amide bonds.